The molecule has 1 fully saturated rings. The fraction of sp³-hybridized carbons (Fsp3) is 0.478. The van der Waals surface area contributed by atoms with Crippen molar-refractivity contribution in [1.29, 1.82) is 0 Å². The van der Waals surface area contributed by atoms with Crippen LogP contribution in [0.15, 0.2) is 42.6 Å². The van der Waals surface area contributed by atoms with Gasteiger partial charge < -0.3 is 9.64 Å². The van der Waals surface area contributed by atoms with Crippen LogP contribution in [0.5, 0.6) is 5.75 Å². The average molecular weight is 380 g/mol. The summed E-state index contributed by atoms with van der Waals surface area (Å²) in [5.74, 6) is 1.14. The lowest BCUT2D eigenvalue weighted by Gasteiger charge is -2.36. The van der Waals surface area contributed by atoms with E-state index >= 15 is 0 Å². The number of ether oxygens (including phenoxy) is 1. The highest BCUT2D eigenvalue weighted by Crippen LogP contribution is 2.30. The minimum atomic E-state index is 0.0599. The standard InChI is InChI=1S/C23H29N3O2/c1-17-9-10-22-19(13-17)15-25(14-18(2)28-22)16-23(27)26-12-6-4-8-21(26)20-7-3-5-11-24-20/h3,5,7,9-11,13,18,21H,4,6,8,12,14-16H2,1-2H3/t18-,21-/m0/s1. The highest BCUT2D eigenvalue weighted by molar-refractivity contribution is 5.79. The SMILES string of the molecule is Cc1ccc2c(c1)CN(CC(=O)N1CCCC[C@H]1c1ccccn1)C[C@H](C)O2. The summed E-state index contributed by atoms with van der Waals surface area (Å²) in [7, 11) is 0. The van der Waals surface area contributed by atoms with E-state index in [0.717, 1.165) is 55.9 Å². The number of aromatic nitrogens is 1. The number of hydrogen-bond acceptors (Lipinski definition) is 4. The van der Waals surface area contributed by atoms with Gasteiger partial charge in [-0.25, -0.2) is 0 Å². The van der Waals surface area contributed by atoms with Crippen molar-refractivity contribution >= 4 is 5.91 Å². The molecule has 5 nitrogen and oxygen atoms in total. The maximum atomic E-state index is 13.3. The molecule has 0 N–H and O–H groups in total. The number of benzene rings is 1. The molecular weight excluding hydrogens is 350 g/mol. The Morgan fingerprint density at radius 2 is 2.14 bits per heavy atom. The van der Waals surface area contributed by atoms with Crippen LogP contribution in [-0.4, -0.2) is 46.4 Å². The molecular formula is C23H29N3O2. The van der Waals surface area contributed by atoms with Crippen molar-refractivity contribution in [2.24, 2.45) is 0 Å². The number of likely N-dealkylation sites (tertiary alicyclic amines) is 1. The first kappa shape index (κ1) is 18.9. The Morgan fingerprint density at radius 1 is 1.25 bits per heavy atom. The van der Waals surface area contributed by atoms with Crippen molar-refractivity contribution < 1.29 is 9.53 Å². The van der Waals surface area contributed by atoms with E-state index in [1.165, 1.54) is 5.56 Å². The van der Waals surface area contributed by atoms with Crippen molar-refractivity contribution in [2.75, 3.05) is 19.6 Å². The monoisotopic (exact) mass is 379 g/mol. The van der Waals surface area contributed by atoms with Crippen LogP contribution < -0.4 is 4.74 Å². The largest absolute Gasteiger partial charge is 0.489 e. The van der Waals surface area contributed by atoms with Gasteiger partial charge in [0.15, 0.2) is 0 Å². The van der Waals surface area contributed by atoms with Crippen LogP contribution in [0, 0.1) is 6.92 Å². The molecule has 0 saturated carbocycles. The molecule has 0 bridgehead atoms. The smallest absolute Gasteiger partial charge is 0.237 e. The highest BCUT2D eigenvalue weighted by atomic mass is 16.5. The fourth-order valence-electron chi connectivity index (χ4n) is 4.38. The number of piperidine rings is 1. The summed E-state index contributed by atoms with van der Waals surface area (Å²) in [5.41, 5.74) is 3.38. The predicted octanol–water partition coefficient (Wildman–Crippen LogP) is 3.73. The van der Waals surface area contributed by atoms with E-state index in [0.29, 0.717) is 6.54 Å². The molecule has 0 aliphatic carbocycles. The van der Waals surface area contributed by atoms with Crippen molar-refractivity contribution in [1.82, 2.24) is 14.8 Å². The Labute approximate surface area is 167 Å². The molecule has 3 heterocycles. The lowest BCUT2D eigenvalue weighted by Crippen LogP contribution is -2.45. The second-order valence-electron chi connectivity index (χ2n) is 8.06. The molecule has 2 aromatic rings. The van der Waals surface area contributed by atoms with Gasteiger partial charge in [-0.3, -0.25) is 14.7 Å². The summed E-state index contributed by atoms with van der Waals surface area (Å²) in [5, 5.41) is 0. The molecule has 2 aliphatic rings. The topological polar surface area (TPSA) is 45.7 Å². The first-order valence-corrected chi connectivity index (χ1v) is 10.3. The first-order chi connectivity index (χ1) is 13.6. The molecule has 5 heteroatoms. The Hall–Kier alpha value is -2.40. The molecule has 1 amide bonds. The number of carbonyl (C=O) groups excluding carboxylic acids is 1. The second-order valence-corrected chi connectivity index (χ2v) is 8.06. The van der Waals surface area contributed by atoms with Crippen LogP contribution >= 0.6 is 0 Å². The Balaban J connectivity index is 1.50. The summed E-state index contributed by atoms with van der Waals surface area (Å²) in [6.07, 6.45) is 5.08. The van der Waals surface area contributed by atoms with Crippen LogP contribution in [-0.2, 0) is 11.3 Å². The molecule has 28 heavy (non-hydrogen) atoms. The van der Waals surface area contributed by atoms with E-state index in [2.05, 4.69) is 35.9 Å². The van der Waals surface area contributed by atoms with Crippen molar-refractivity contribution in [3.05, 3.63) is 59.4 Å². The zero-order valence-corrected chi connectivity index (χ0v) is 16.8. The van der Waals surface area contributed by atoms with Crippen molar-refractivity contribution in [3.8, 4) is 5.75 Å². The maximum Gasteiger partial charge on any atom is 0.237 e. The van der Waals surface area contributed by atoms with Gasteiger partial charge in [-0.05, 0) is 51.3 Å². The van der Waals surface area contributed by atoms with Crippen LogP contribution in [0.4, 0.5) is 0 Å². The van der Waals surface area contributed by atoms with E-state index in [-0.39, 0.29) is 18.1 Å². The summed E-state index contributed by atoms with van der Waals surface area (Å²) in [6.45, 7) is 6.90. The van der Waals surface area contributed by atoms with E-state index in [1.54, 1.807) is 0 Å². The third-order valence-electron chi connectivity index (χ3n) is 5.66. The number of amides is 1. The van der Waals surface area contributed by atoms with Gasteiger partial charge in [0.05, 0.1) is 18.3 Å². The van der Waals surface area contributed by atoms with Gasteiger partial charge in [0, 0.05) is 31.4 Å². The number of rotatable bonds is 3. The minimum absolute atomic E-state index is 0.0599. The molecule has 2 atom stereocenters. The molecule has 0 unspecified atom stereocenters. The molecule has 1 aromatic carbocycles. The van der Waals surface area contributed by atoms with E-state index in [9.17, 15) is 4.79 Å². The molecule has 0 radical (unpaired) electrons. The number of aryl methyl sites for hydroxylation is 1. The van der Waals surface area contributed by atoms with E-state index < -0.39 is 0 Å². The third kappa shape index (κ3) is 4.20. The summed E-state index contributed by atoms with van der Waals surface area (Å²) in [6, 6.07) is 12.4. The first-order valence-electron chi connectivity index (χ1n) is 10.3. The zero-order valence-electron chi connectivity index (χ0n) is 16.8. The zero-order chi connectivity index (χ0) is 19.5. The Kier molecular flexibility index (Phi) is 5.62. The van der Waals surface area contributed by atoms with Gasteiger partial charge in [0.2, 0.25) is 5.91 Å². The fourth-order valence-corrected chi connectivity index (χ4v) is 4.38. The second kappa shape index (κ2) is 8.31. The van der Waals surface area contributed by atoms with Crippen LogP contribution in [0.3, 0.4) is 0 Å². The number of nitrogens with zero attached hydrogens (tertiary/aromatic N) is 3. The van der Waals surface area contributed by atoms with Gasteiger partial charge in [-0.2, -0.15) is 0 Å². The average Bonchev–Trinajstić information content (AvgIpc) is 2.85. The summed E-state index contributed by atoms with van der Waals surface area (Å²) < 4.78 is 6.08. The number of carbonyl (C=O) groups is 1. The maximum absolute atomic E-state index is 13.3. The summed E-state index contributed by atoms with van der Waals surface area (Å²) >= 11 is 0. The van der Waals surface area contributed by atoms with E-state index in [4.69, 9.17) is 4.74 Å². The van der Waals surface area contributed by atoms with Crippen LogP contribution in [0.2, 0.25) is 0 Å². The third-order valence-corrected chi connectivity index (χ3v) is 5.66. The van der Waals surface area contributed by atoms with Gasteiger partial charge in [-0.15, -0.1) is 0 Å². The number of fused-ring (bicyclic) bond motifs is 1. The number of hydrogen-bond donors (Lipinski definition) is 0. The Morgan fingerprint density at radius 3 is 2.96 bits per heavy atom. The summed E-state index contributed by atoms with van der Waals surface area (Å²) in [4.78, 5) is 22.1. The van der Waals surface area contributed by atoms with Crippen LogP contribution in [0.1, 0.15) is 49.0 Å². The highest BCUT2D eigenvalue weighted by Gasteiger charge is 2.30. The number of pyridine rings is 1. The molecule has 2 aliphatic heterocycles. The molecule has 148 valence electrons. The van der Waals surface area contributed by atoms with Gasteiger partial charge >= 0.3 is 0 Å². The predicted molar refractivity (Wildman–Crippen MR) is 109 cm³/mol. The molecule has 1 aromatic heterocycles. The molecule has 4 rings (SSSR count). The van der Waals surface area contributed by atoms with Gasteiger partial charge in [-0.1, -0.05) is 23.8 Å². The molecule has 0 spiro atoms. The normalized spacial score (nSPS) is 22.9. The van der Waals surface area contributed by atoms with Gasteiger partial charge in [0.1, 0.15) is 11.9 Å². The lowest BCUT2D eigenvalue weighted by atomic mass is 9.98. The minimum Gasteiger partial charge on any atom is -0.489 e. The lowest BCUT2D eigenvalue weighted by molar-refractivity contribution is -0.136. The van der Waals surface area contributed by atoms with Gasteiger partial charge in [0.25, 0.3) is 0 Å². The van der Waals surface area contributed by atoms with Crippen molar-refractivity contribution in [3.63, 3.8) is 0 Å². The van der Waals surface area contributed by atoms with Crippen LogP contribution in [0.25, 0.3) is 0 Å². The van der Waals surface area contributed by atoms with Crippen molar-refractivity contribution in [2.45, 2.75) is 51.8 Å². The molecule has 1 saturated heterocycles. The quantitative estimate of drug-likeness (QED) is 0.815. The Bertz CT molecular complexity index is 824. The van der Waals surface area contributed by atoms with E-state index in [1.807, 2.05) is 35.4 Å².